The van der Waals surface area contributed by atoms with E-state index >= 15 is 0 Å². The molecule has 0 radical (unpaired) electrons. The van der Waals surface area contributed by atoms with E-state index in [-0.39, 0.29) is 17.9 Å². The van der Waals surface area contributed by atoms with Crippen molar-refractivity contribution >= 4 is 34.9 Å². The summed E-state index contributed by atoms with van der Waals surface area (Å²) in [6.07, 6.45) is 0.406. The summed E-state index contributed by atoms with van der Waals surface area (Å²) in [7, 11) is 1.60. The monoisotopic (exact) mass is 373 g/mol. The number of halogens is 1. The van der Waals surface area contributed by atoms with Crippen LogP contribution in [0.3, 0.4) is 0 Å². The second-order valence-electron chi connectivity index (χ2n) is 6.12. The Bertz CT molecular complexity index is 795. The summed E-state index contributed by atoms with van der Waals surface area (Å²) in [5.74, 6) is 0.864. The van der Waals surface area contributed by atoms with Crippen LogP contribution in [0.2, 0.25) is 5.02 Å². The number of amides is 3. The van der Waals surface area contributed by atoms with Crippen LogP contribution in [0.1, 0.15) is 6.42 Å². The van der Waals surface area contributed by atoms with Crippen molar-refractivity contribution in [1.82, 2.24) is 5.32 Å². The second kappa shape index (κ2) is 8.10. The van der Waals surface area contributed by atoms with Crippen molar-refractivity contribution in [1.29, 1.82) is 0 Å². The van der Waals surface area contributed by atoms with Gasteiger partial charge in [0.05, 0.1) is 7.11 Å². The normalized spacial score (nSPS) is 16.5. The summed E-state index contributed by atoms with van der Waals surface area (Å²) < 4.78 is 5.13. The zero-order valence-electron chi connectivity index (χ0n) is 14.4. The number of hydrogen-bond donors (Lipinski definition) is 2. The van der Waals surface area contributed by atoms with E-state index in [9.17, 15) is 9.59 Å². The van der Waals surface area contributed by atoms with Crippen molar-refractivity contribution in [2.75, 3.05) is 30.4 Å². The van der Waals surface area contributed by atoms with E-state index < -0.39 is 0 Å². The van der Waals surface area contributed by atoms with Crippen LogP contribution in [0.5, 0.6) is 5.75 Å². The van der Waals surface area contributed by atoms with Crippen LogP contribution in [0, 0.1) is 5.92 Å². The first-order valence-electron chi connectivity index (χ1n) is 8.30. The van der Waals surface area contributed by atoms with E-state index in [0.29, 0.717) is 30.2 Å². The molecule has 1 saturated heterocycles. The number of carbonyl (C=O) groups excluding carboxylic acids is 2. The molecule has 0 aromatic heterocycles. The van der Waals surface area contributed by atoms with E-state index in [1.54, 1.807) is 36.3 Å². The van der Waals surface area contributed by atoms with Crippen molar-refractivity contribution in [3.05, 3.63) is 53.6 Å². The first kappa shape index (κ1) is 18.1. The van der Waals surface area contributed by atoms with Crippen LogP contribution < -0.4 is 20.3 Å². The molecule has 0 bridgehead atoms. The van der Waals surface area contributed by atoms with E-state index in [0.717, 1.165) is 11.4 Å². The molecule has 136 valence electrons. The van der Waals surface area contributed by atoms with Crippen molar-refractivity contribution in [2.24, 2.45) is 5.92 Å². The number of nitrogens with zero attached hydrogens (tertiary/aromatic N) is 1. The number of nitrogens with one attached hydrogen (secondary N) is 2. The smallest absolute Gasteiger partial charge is 0.319 e. The molecule has 1 aliphatic rings. The van der Waals surface area contributed by atoms with Crippen molar-refractivity contribution in [3.63, 3.8) is 0 Å². The molecular weight excluding hydrogens is 354 g/mol. The fourth-order valence-corrected chi connectivity index (χ4v) is 3.10. The van der Waals surface area contributed by atoms with E-state index in [4.69, 9.17) is 16.3 Å². The summed E-state index contributed by atoms with van der Waals surface area (Å²) in [5.41, 5.74) is 1.46. The lowest BCUT2D eigenvalue weighted by Crippen LogP contribution is -2.34. The molecule has 0 aliphatic carbocycles. The van der Waals surface area contributed by atoms with Gasteiger partial charge in [-0.1, -0.05) is 17.7 Å². The molecule has 0 spiro atoms. The zero-order chi connectivity index (χ0) is 18.5. The Morgan fingerprint density at radius 2 is 2.04 bits per heavy atom. The van der Waals surface area contributed by atoms with E-state index in [2.05, 4.69) is 10.6 Å². The predicted molar refractivity (Wildman–Crippen MR) is 102 cm³/mol. The standard InChI is InChI=1S/C19H20ClN3O3/c1-26-17-7-5-16(6-8-17)23-12-13(9-18(23)24)11-21-19(25)22-15-4-2-3-14(20)10-15/h2-8,10,13H,9,11-12H2,1H3,(H2,21,22,25)/t13-/m1/s1. The van der Waals surface area contributed by atoms with Gasteiger partial charge in [0.2, 0.25) is 5.91 Å². The van der Waals surface area contributed by atoms with Gasteiger partial charge in [0.15, 0.2) is 0 Å². The molecule has 26 heavy (non-hydrogen) atoms. The molecule has 7 heteroatoms. The molecule has 1 heterocycles. The van der Waals surface area contributed by atoms with Crippen LogP contribution in [0.4, 0.5) is 16.2 Å². The lowest BCUT2D eigenvalue weighted by Gasteiger charge is -2.17. The molecule has 0 saturated carbocycles. The van der Waals surface area contributed by atoms with Gasteiger partial charge in [0.25, 0.3) is 0 Å². The first-order valence-corrected chi connectivity index (χ1v) is 8.68. The second-order valence-corrected chi connectivity index (χ2v) is 6.55. The Morgan fingerprint density at radius 1 is 1.27 bits per heavy atom. The summed E-state index contributed by atoms with van der Waals surface area (Å²) in [6, 6.07) is 14.0. The maximum atomic E-state index is 12.3. The number of benzene rings is 2. The number of urea groups is 1. The van der Waals surface area contributed by atoms with Crippen LogP contribution in [-0.4, -0.2) is 32.1 Å². The molecule has 1 atom stereocenters. The molecule has 0 unspecified atom stereocenters. The topological polar surface area (TPSA) is 70.7 Å². The number of hydrogen-bond acceptors (Lipinski definition) is 3. The van der Waals surface area contributed by atoms with Crippen LogP contribution in [0.15, 0.2) is 48.5 Å². The third-order valence-corrected chi connectivity index (χ3v) is 4.46. The third-order valence-electron chi connectivity index (χ3n) is 4.22. The maximum absolute atomic E-state index is 12.3. The van der Waals surface area contributed by atoms with Gasteiger partial charge in [-0.3, -0.25) is 4.79 Å². The Hall–Kier alpha value is -2.73. The molecule has 1 aliphatic heterocycles. The largest absolute Gasteiger partial charge is 0.497 e. The Balaban J connectivity index is 1.51. The van der Waals surface area contributed by atoms with Gasteiger partial charge in [-0.05, 0) is 42.5 Å². The van der Waals surface area contributed by atoms with Crippen LogP contribution in [0.25, 0.3) is 0 Å². The van der Waals surface area contributed by atoms with Gasteiger partial charge in [0.1, 0.15) is 5.75 Å². The van der Waals surface area contributed by atoms with Crippen LogP contribution in [-0.2, 0) is 4.79 Å². The highest BCUT2D eigenvalue weighted by Gasteiger charge is 2.30. The van der Waals surface area contributed by atoms with E-state index in [1.165, 1.54) is 0 Å². The summed E-state index contributed by atoms with van der Waals surface area (Å²) in [6.45, 7) is 0.993. The van der Waals surface area contributed by atoms with Gasteiger partial charge in [-0.15, -0.1) is 0 Å². The van der Waals surface area contributed by atoms with Crippen molar-refractivity contribution < 1.29 is 14.3 Å². The average Bonchev–Trinajstić information content (AvgIpc) is 3.01. The fourth-order valence-electron chi connectivity index (χ4n) is 2.91. The van der Waals surface area contributed by atoms with Crippen molar-refractivity contribution in [3.8, 4) is 5.75 Å². The third kappa shape index (κ3) is 4.46. The molecule has 2 aromatic rings. The van der Waals surface area contributed by atoms with Gasteiger partial charge in [0, 0.05) is 41.8 Å². The average molecular weight is 374 g/mol. The van der Waals surface area contributed by atoms with Gasteiger partial charge >= 0.3 is 6.03 Å². The van der Waals surface area contributed by atoms with E-state index in [1.807, 2.05) is 24.3 Å². The summed E-state index contributed by atoms with van der Waals surface area (Å²) >= 11 is 5.90. The maximum Gasteiger partial charge on any atom is 0.319 e. The van der Waals surface area contributed by atoms with Crippen LogP contribution >= 0.6 is 11.6 Å². The summed E-state index contributed by atoms with van der Waals surface area (Å²) in [5, 5.41) is 6.09. The minimum absolute atomic E-state index is 0.0530. The first-order chi connectivity index (χ1) is 12.5. The Kier molecular flexibility index (Phi) is 5.63. The summed E-state index contributed by atoms with van der Waals surface area (Å²) in [4.78, 5) is 26.0. The van der Waals surface area contributed by atoms with Crippen molar-refractivity contribution in [2.45, 2.75) is 6.42 Å². The molecule has 2 N–H and O–H groups in total. The Morgan fingerprint density at radius 3 is 2.73 bits per heavy atom. The molecule has 6 nitrogen and oxygen atoms in total. The fraction of sp³-hybridized carbons (Fsp3) is 0.263. The SMILES string of the molecule is COc1ccc(N2C[C@@H](CNC(=O)Nc3cccc(Cl)c3)CC2=O)cc1. The highest BCUT2D eigenvalue weighted by molar-refractivity contribution is 6.30. The highest BCUT2D eigenvalue weighted by Crippen LogP contribution is 2.26. The minimum atomic E-state index is -0.317. The Labute approximate surface area is 157 Å². The quantitative estimate of drug-likeness (QED) is 0.842. The molecule has 1 fully saturated rings. The number of ether oxygens (including phenoxy) is 1. The van der Waals surface area contributed by atoms with Gasteiger partial charge in [-0.2, -0.15) is 0 Å². The lowest BCUT2D eigenvalue weighted by atomic mass is 10.1. The predicted octanol–water partition coefficient (Wildman–Crippen LogP) is 3.52. The molecule has 2 aromatic carbocycles. The van der Waals surface area contributed by atoms with Gasteiger partial charge < -0.3 is 20.3 Å². The molecule has 3 amide bonds. The lowest BCUT2D eigenvalue weighted by molar-refractivity contribution is -0.117. The van der Waals surface area contributed by atoms with Gasteiger partial charge in [-0.25, -0.2) is 4.79 Å². The number of carbonyl (C=O) groups is 2. The highest BCUT2D eigenvalue weighted by atomic mass is 35.5. The molecule has 3 rings (SSSR count). The zero-order valence-corrected chi connectivity index (χ0v) is 15.1. The number of anilines is 2. The minimum Gasteiger partial charge on any atom is -0.497 e. The number of methoxy groups -OCH3 is 1. The molecular formula is C19H20ClN3O3. The number of rotatable bonds is 5.